The van der Waals surface area contributed by atoms with Gasteiger partial charge in [-0.15, -0.1) is 0 Å². The average Bonchev–Trinajstić information content (AvgIpc) is 2.91. The monoisotopic (exact) mass is 448 g/mol. The first-order valence-electron chi connectivity index (χ1n) is 7.50. The fraction of sp³-hybridized carbons (Fsp3) is 0.0556. The van der Waals surface area contributed by atoms with E-state index in [0.717, 1.165) is 5.56 Å². The van der Waals surface area contributed by atoms with Gasteiger partial charge in [-0.25, -0.2) is 0 Å². The Labute approximate surface area is 168 Å². The molecule has 8 heteroatoms. The van der Waals surface area contributed by atoms with E-state index >= 15 is 0 Å². The largest absolute Gasteiger partial charge is 0.507 e. The Hall–Kier alpha value is -2.16. The third-order valence-electron chi connectivity index (χ3n) is 3.68. The van der Waals surface area contributed by atoms with Gasteiger partial charge in [0.25, 0.3) is 11.8 Å². The van der Waals surface area contributed by atoms with Gasteiger partial charge in [-0.05, 0) is 51.8 Å². The predicted molar refractivity (Wildman–Crippen MR) is 111 cm³/mol. The maximum absolute atomic E-state index is 12.9. The van der Waals surface area contributed by atoms with E-state index in [-0.39, 0.29) is 17.6 Å². The molecule has 0 radical (unpaired) electrons. The van der Waals surface area contributed by atoms with Crippen LogP contribution >= 0.6 is 39.9 Å². The van der Waals surface area contributed by atoms with Crippen LogP contribution in [-0.2, 0) is 4.79 Å². The number of aromatic hydroxyl groups is 1. The molecule has 1 aliphatic heterocycles. The number of benzene rings is 2. The lowest BCUT2D eigenvalue weighted by Gasteiger charge is -2.17. The number of thiocarbonyl (C=S) groups is 1. The van der Waals surface area contributed by atoms with E-state index < -0.39 is 0 Å². The van der Waals surface area contributed by atoms with Crippen molar-refractivity contribution in [1.29, 1.82) is 0 Å². The van der Waals surface area contributed by atoms with Crippen LogP contribution in [0.3, 0.4) is 0 Å². The van der Waals surface area contributed by atoms with Gasteiger partial charge < -0.3 is 10.4 Å². The number of nitrogens with one attached hydrogen (secondary N) is 1. The number of phenolic OH excluding ortho intramolecular Hbond substituents is 1. The minimum absolute atomic E-state index is 0.120. The van der Waals surface area contributed by atoms with Crippen LogP contribution in [0.25, 0.3) is 6.08 Å². The molecule has 1 heterocycles. The third-order valence-corrected chi connectivity index (χ3v) is 5.62. The number of thioether (sulfide) groups is 1. The molecule has 3 rings (SSSR count). The number of carbonyl (C=O) groups excluding carboxylic acids is 2. The summed E-state index contributed by atoms with van der Waals surface area (Å²) in [6, 6.07) is 11.8. The van der Waals surface area contributed by atoms with Crippen molar-refractivity contribution in [2.45, 2.75) is 0 Å². The van der Waals surface area contributed by atoms with Crippen LogP contribution in [0.4, 0.5) is 5.69 Å². The van der Waals surface area contributed by atoms with Gasteiger partial charge in [0, 0.05) is 7.05 Å². The first-order valence-corrected chi connectivity index (χ1v) is 9.51. The van der Waals surface area contributed by atoms with Gasteiger partial charge in [0.2, 0.25) is 0 Å². The molecule has 0 spiro atoms. The number of nitrogens with zero attached hydrogens (tertiary/aromatic N) is 1. The van der Waals surface area contributed by atoms with Crippen molar-refractivity contribution >= 4 is 67.8 Å². The molecule has 0 saturated carbocycles. The van der Waals surface area contributed by atoms with Crippen molar-refractivity contribution in [2.24, 2.45) is 0 Å². The van der Waals surface area contributed by atoms with E-state index in [1.54, 1.807) is 42.5 Å². The normalized spacial score (nSPS) is 15.6. The molecule has 1 aliphatic rings. The Bertz CT molecular complexity index is 959. The van der Waals surface area contributed by atoms with Crippen LogP contribution in [0.1, 0.15) is 15.9 Å². The Balaban J connectivity index is 1.99. The van der Waals surface area contributed by atoms with Crippen molar-refractivity contribution < 1.29 is 14.7 Å². The summed E-state index contributed by atoms with van der Waals surface area (Å²) in [6.07, 6.45) is 1.70. The van der Waals surface area contributed by atoms with Gasteiger partial charge >= 0.3 is 0 Å². The lowest BCUT2D eigenvalue weighted by atomic mass is 10.1. The second-order valence-electron chi connectivity index (χ2n) is 5.32. The highest BCUT2D eigenvalue weighted by Gasteiger charge is 2.35. The number of para-hydroxylation sites is 1. The summed E-state index contributed by atoms with van der Waals surface area (Å²) in [5, 5.41) is 12.2. The highest BCUT2D eigenvalue weighted by Crippen LogP contribution is 2.38. The van der Waals surface area contributed by atoms with Crippen LogP contribution in [0.5, 0.6) is 5.75 Å². The van der Waals surface area contributed by atoms with Crippen LogP contribution in [-0.4, -0.2) is 28.3 Å². The number of rotatable bonds is 3. The molecular formula is C18H13BrN2O3S2. The fourth-order valence-corrected chi connectivity index (χ4v) is 4.12. The van der Waals surface area contributed by atoms with Crippen LogP contribution < -0.4 is 10.2 Å². The Morgan fingerprint density at radius 2 is 2.04 bits per heavy atom. The highest BCUT2D eigenvalue weighted by atomic mass is 79.9. The van der Waals surface area contributed by atoms with E-state index in [2.05, 4.69) is 21.2 Å². The summed E-state index contributed by atoms with van der Waals surface area (Å²) in [5.74, 6) is -0.462. The van der Waals surface area contributed by atoms with Gasteiger partial charge in [-0.3, -0.25) is 14.5 Å². The number of anilines is 1. The quantitative estimate of drug-likeness (QED) is 0.549. The van der Waals surface area contributed by atoms with Crippen molar-refractivity contribution in [3.8, 4) is 5.75 Å². The third kappa shape index (κ3) is 3.53. The van der Waals surface area contributed by atoms with E-state index in [1.807, 2.05) is 0 Å². The maximum Gasteiger partial charge on any atom is 0.270 e. The zero-order chi connectivity index (χ0) is 18.8. The highest BCUT2D eigenvalue weighted by molar-refractivity contribution is 9.10. The molecule has 26 heavy (non-hydrogen) atoms. The molecule has 5 nitrogen and oxygen atoms in total. The topological polar surface area (TPSA) is 69.6 Å². The second-order valence-corrected chi connectivity index (χ2v) is 7.85. The number of carbonyl (C=O) groups is 2. The predicted octanol–water partition coefficient (Wildman–Crippen LogP) is 3.92. The molecule has 0 aromatic heterocycles. The van der Waals surface area contributed by atoms with E-state index in [4.69, 9.17) is 12.2 Å². The minimum Gasteiger partial charge on any atom is -0.507 e. The molecule has 0 aliphatic carbocycles. The molecule has 0 unspecified atom stereocenters. The molecule has 2 aromatic carbocycles. The van der Waals surface area contributed by atoms with Crippen molar-refractivity contribution in [2.75, 3.05) is 11.9 Å². The van der Waals surface area contributed by atoms with Crippen LogP contribution in [0.15, 0.2) is 51.8 Å². The summed E-state index contributed by atoms with van der Waals surface area (Å²) >= 11 is 9.79. The SMILES string of the molecule is CNC(=O)c1ccccc1N1C(=O)C(=Cc2ccc(O)c(Br)c2)SC1=S. The van der Waals surface area contributed by atoms with Gasteiger partial charge in [0.05, 0.1) is 20.6 Å². The van der Waals surface area contributed by atoms with Crippen molar-refractivity contribution in [3.63, 3.8) is 0 Å². The Morgan fingerprint density at radius 3 is 2.73 bits per heavy atom. The fourth-order valence-electron chi connectivity index (χ4n) is 2.44. The molecule has 1 saturated heterocycles. The molecular weight excluding hydrogens is 436 g/mol. The summed E-state index contributed by atoms with van der Waals surface area (Å²) in [5.41, 5.74) is 1.57. The van der Waals surface area contributed by atoms with Crippen LogP contribution in [0, 0.1) is 0 Å². The van der Waals surface area contributed by atoms with Crippen molar-refractivity contribution in [3.05, 3.63) is 63.0 Å². The maximum atomic E-state index is 12.9. The zero-order valence-corrected chi connectivity index (χ0v) is 16.7. The minimum atomic E-state index is -0.291. The number of amides is 2. The first-order chi connectivity index (χ1) is 12.4. The average molecular weight is 449 g/mol. The number of hydrogen-bond acceptors (Lipinski definition) is 5. The van der Waals surface area contributed by atoms with Crippen LogP contribution in [0.2, 0.25) is 0 Å². The summed E-state index contributed by atoms with van der Waals surface area (Å²) in [4.78, 5) is 26.8. The van der Waals surface area contributed by atoms with Gasteiger partial charge in [-0.2, -0.15) is 0 Å². The Kier molecular flexibility index (Phi) is 5.45. The summed E-state index contributed by atoms with van der Waals surface area (Å²) < 4.78 is 0.891. The van der Waals surface area contributed by atoms with Gasteiger partial charge in [-0.1, -0.05) is 42.2 Å². The lowest BCUT2D eigenvalue weighted by Crippen LogP contribution is -2.30. The van der Waals surface area contributed by atoms with Gasteiger partial charge in [0.1, 0.15) is 5.75 Å². The molecule has 2 N–H and O–H groups in total. The standard InChI is InChI=1S/C18H13BrN2O3S2/c1-20-16(23)11-4-2-3-5-13(11)21-17(24)15(26-18(21)25)9-10-6-7-14(22)12(19)8-10/h2-9,22H,1H3,(H,20,23). The summed E-state index contributed by atoms with van der Waals surface area (Å²) in [6.45, 7) is 0. The first kappa shape index (κ1) is 18.6. The number of hydrogen-bond donors (Lipinski definition) is 2. The van der Waals surface area contributed by atoms with Crippen molar-refractivity contribution in [1.82, 2.24) is 5.32 Å². The summed E-state index contributed by atoms with van der Waals surface area (Å²) in [7, 11) is 1.53. The molecule has 1 fully saturated rings. The van der Waals surface area contributed by atoms with E-state index in [9.17, 15) is 14.7 Å². The number of halogens is 1. The smallest absolute Gasteiger partial charge is 0.270 e. The molecule has 2 aromatic rings. The number of phenols is 1. The molecule has 2 amide bonds. The molecule has 0 atom stereocenters. The lowest BCUT2D eigenvalue weighted by molar-refractivity contribution is -0.113. The van der Waals surface area contributed by atoms with E-state index in [1.165, 1.54) is 29.8 Å². The Morgan fingerprint density at radius 1 is 1.31 bits per heavy atom. The van der Waals surface area contributed by atoms with E-state index in [0.29, 0.717) is 24.9 Å². The van der Waals surface area contributed by atoms with Gasteiger partial charge in [0.15, 0.2) is 4.32 Å². The zero-order valence-electron chi connectivity index (χ0n) is 13.5. The molecule has 132 valence electrons. The molecule has 0 bridgehead atoms. The second kappa shape index (κ2) is 7.61.